The lowest BCUT2D eigenvalue weighted by Crippen LogP contribution is -2.12. The number of anilines is 1. The number of hydrogen-bond acceptors (Lipinski definition) is 3. The summed E-state index contributed by atoms with van der Waals surface area (Å²) in [6.07, 6.45) is 0. The quantitative estimate of drug-likeness (QED) is 0.493. The lowest BCUT2D eigenvalue weighted by atomic mass is 10.1. The van der Waals surface area contributed by atoms with Crippen molar-refractivity contribution in [2.24, 2.45) is 0 Å². The molecule has 0 radical (unpaired) electrons. The van der Waals surface area contributed by atoms with Gasteiger partial charge in [-0.2, -0.15) is 0 Å². The fourth-order valence-corrected chi connectivity index (χ4v) is 2.94. The molecule has 6 heteroatoms. The van der Waals surface area contributed by atoms with E-state index < -0.39 is 5.97 Å². The number of aromatic nitrogens is 2. The van der Waals surface area contributed by atoms with Gasteiger partial charge >= 0.3 is 5.97 Å². The van der Waals surface area contributed by atoms with Crippen LogP contribution in [0.4, 0.5) is 5.69 Å². The molecular formula is C22H17N3O3. The average molecular weight is 371 g/mol. The second-order valence-corrected chi connectivity index (χ2v) is 6.52. The largest absolute Gasteiger partial charge is 0.478 e. The van der Waals surface area contributed by atoms with Crippen molar-refractivity contribution in [3.63, 3.8) is 0 Å². The van der Waals surface area contributed by atoms with E-state index in [1.54, 1.807) is 12.1 Å². The second-order valence-electron chi connectivity index (χ2n) is 6.52. The molecule has 0 saturated carbocycles. The molecule has 1 aromatic heterocycles. The molecule has 0 fully saturated rings. The molecular weight excluding hydrogens is 354 g/mol. The molecule has 0 spiro atoms. The van der Waals surface area contributed by atoms with Gasteiger partial charge in [-0.05, 0) is 73.2 Å². The van der Waals surface area contributed by atoms with Crippen LogP contribution >= 0.6 is 0 Å². The predicted molar refractivity (Wildman–Crippen MR) is 108 cm³/mol. The number of amides is 1. The first-order chi connectivity index (χ1) is 13.5. The first-order valence-electron chi connectivity index (χ1n) is 8.71. The Kier molecular flexibility index (Phi) is 4.37. The number of nitrogens with one attached hydrogen (secondary N) is 2. The van der Waals surface area contributed by atoms with Gasteiger partial charge in [-0.25, -0.2) is 9.78 Å². The number of aryl methyl sites for hydroxylation is 1. The van der Waals surface area contributed by atoms with Crippen LogP contribution in [0.1, 0.15) is 26.3 Å². The van der Waals surface area contributed by atoms with Crippen LogP contribution in [0.3, 0.4) is 0 Å². The van der Waals surface area contributed by atoms with E-state index in [-0.39, 0.29) is 11.5 Å². The summed E-state index contributed by atoms with van der Waals surface area (Å²) in [7, 11) is 0. The van der Waals surface area contributed by atoms with Crippen molar-refractivity contribution in [2.75, 3.05) is 5.32 Å². The van der Waals surface area contributed by atoms with Gasteiger partial charge in [-0.3, -0.25) is 4.79 Å². The van der Waals surface area contributed by atoms with Crippen molar-refractivity contribution in [3.8, 4) is 11.4 Å². The second kappa shape index (κ2) is 7.00. The van der Waals surface area contributed by atoms with Gasteiger partial charge in [0.1, 0.15) is 5.82 Å². The summed E-state index contributed by atoms with van der Waals surface area (Å²) in [5, 5.41) is 11.7. The molecule has 6 nitrogen and oxygen atoms in total. The number of H-pyrrole nitrogens is 1. The van der Waals surface area contributed by atoms with Crippen molar-refractivity contribution in [2.45, 2.75) is 6.92 Å². The number of aromatic amines is 1. The van der Waals surface area contributed by atoms with E-state index in [0.29, 0.717) is 11.3 Å². The zero-order chi connectivity index (χ0) is 19.7. The Labute approximate surface area is 160 Å². The fraction of sp³-hybridized carbons (Fsp3) is 0.0455. The number of carbonyl (C=O) groups is 2. The standard InChI is InChI=1S/C22H17N3O3/c1-13-2-11-18-19(12-13)25-20(24-18)14-7-9-17(10-8-14)23-21(26)15-3-5-16(6-4-15)22(27)28/h2-12H,1H3,(H,23,26)(H,24,25)(H,27,28). The van der Waals surface area contributed by atoms with Crippen LogP contribution < -0.4 is 5.32 Å². The molecule has 4 rings (SSSR count). The fourth-order valence-electron chi connectivity index (χ4n) is 2.94. The van der Waals surface area contributed by atoms with Gasteiger partial charge in [0, 0.05) is 16.8 Å². The number of carboxylic acid groups (broad SMARTS) is 1. The molecule has 1 heterocycles. The first-order valence-corrected chi connectivity index (χ1v) is 8.71. The Morgan fingerprint density at radius 2 is 1.61 bits per heavy atom. The van der Waals surface area contributed by atoms with Crippen molar-refractivity contribution in [3.05, 3.63) is 83.4 Å². The minimum atomic E-state index is -1.02. The Balaban J connectivity index is 1.50. The number of carboxylic acids is 1. The number of rotatable bonds is 4. The monoisotopic (exact) mass is 371 g/mol. The van der Waals surface area contributed by atoms with E-state index >= 15 is 0 Å². The topological polar surface area (TPSA) is 95.1 Å². The Bertz CT molecular complexity index is 1180. The molecule has 0 bridgehead atoms. The summed E-state index contributed by atoms with van der Waals surface area (Å²) in [6, 6.07) is 19.2. The van der Waals surface area contributed by atoms with Crippen LogP contribution in [0, 0.1) is 6.92 Å². The van der Waals surface area contributed by atoms with Crippen molar-refractivity contribution in [1.82, 2.24) is 9.97 Å². The number of carbonyl (C=O) groups excluding carboxylic acids is 1. The molecule has 0 aliphatic heterocycles. The lowest BCUT2D eigenvalue weighted by Gasteiger charge is -2.06. The van der Waals surface area contributed by atoms with Crippen LogP contribution in [0.15, 0.2) is 66.7 Å². The number of fused-ring (bicyclic) bond motifs is 1. The minimum Gasteiger partial charge on any atom is -0.478 e. The molecule has 28 heavy (non-hydrogen) atoms. The van der Waals surface area contributed by atoms with Gasteiger partial charge in [0.25, 0.3) is 5.91 Å². The smallest absolute Gasteiger partial charge is 0.335 e. The van der Waals surface area contributed by atoms with Crippen molar-refractivity contribution >= 4 is 28.6 Å². The third-order valence-corrected chi connectivity index (χ3v) is 4.45. The molecule has 4 aromatic rings. The number of hydrogen-bond donors (Lipinski definition) is 3. The average Bonchev–Trinajstić information content (AvgIpc) is 3.11. The third-order valence-electron chi connectivity index (χ3n) is 4.45. The Morgan fingerprint density at radius 1 is 0.929 bits per heavy atom. The molecule has 138 valence electrons. The summed E-state index contributed by atoms with van der Waals surface area (Å²) in [4.78, 5) is 31.1. The lowest BCUT2D eigenvalue weighted by molar-refractivity contribution is 0.0696. The van der Waals surface area contributed by atoms with E-state index in [0.717, 1.165) is 28.0 Å². The van der Waals surface area contributed by atoms with E-state index in [1.165, 1.54) is 24.3 Å². The highest BCUT2D eigenvalue weighted by Gasteiger charge is 2.09. The third kappa shape index (κ3) is 3.48. The molecule has 3 N–H and O–H groups in total. The van der Waals surface area contributed by atoms with Gasteiger partial charge < -0.3 is 15.4 Å². The molecule has 0 aliphatic carbocycles. The maximum atomic E-state index is 12.3. The highest BCUT2D eigenvalue weighted by molar-refractivity contribution is 6.04. The number of aromatic carboxylic acids is 1. The van der Waals surface area contributed by atoms with Crippen molar-refractivity contribution < 1.29 is 14.7 Å². The Morgan fingerprint density at radius 3 is 2.29 bits per heavy atom. The van der Waals surface area contributed by atoms with Crippen molar-refractivity contribution in [1.29, 1.82) is 0 Å². The van der Waals surface area contributed by atoms with Crippen LogP contribution in [0.5, 0.6) is 0 Å². The van der Waals surface area contributed by atoms with Crippen LogP contribution in [0.2, 0.25) is 0 Å². The van der Waals surface area contributed by atoms with Gasteiger partial charge in [-0.15, -0.1) is 0 Å². The number of imidazole rings is 1. The highest BCUT2D eigenvalue weighted by atomic mass is 16.4. The normalized spacial score (nSPS) is 10.8. The summed E-state index contributed by atoms with van der Waals surface area (Å²) < 4.78 is 0. The van der Waals surface area contributed by atoms with Gasteiger partial charge in [0.05, 0.1) is 16.6 Å². The zero-order valence-electron chi connectivity index (χ0n) is 15.1. The molecule has 0 atom stereocenters. The first kappa shape index (κ1) is 17.5. The molecule has 3 aromatic carbocycles. The van der Waals surface area contributed by atoms with E-state index in [1.807, 2.05) is 31.2 Å². The summed E-state index contributed by atoms with van der Waals surface area (Å²) in [5.74, 6) is -0.560. The van der Waals surface area contributed by atoms with Gasteiger partial charge in [-0.1, -0.05) is 6.07 Å². The zero-order valence-corrected chi connectivity index (χ0v) is 15.1. The van der Waals surface area contributed by atoms with Crippen LogP contribution in [-0.4, -0.2) is 27.0 Å². The molecule has 0 unspecified atom stereocenters. The van der Waals surface area contributed by atoms with E-state index in [9.17, 15) is 9.59 Å². The molecule has 0 saturated heterocycles. The maximum Gasteiger partial charge on any atom is 0.335 e. The van der Waals surface area contributed by atoms with E-state index in [4.69, 9.17) is 5.11 Å². The van der Waals surface area contributed by atoms with Crippen LogP contribution in [0.25, 0.3) is 22.4 Å². The predicted octanol–water partition coefficient (Wildman–Crippen LogP) is 4.49. The number of nitrogens with zero attached hydrogens (tertiary/aromatic N) is 1. The molecule has 1 amide bonds. The minimum absolute atomic E-state index is 0.141. The summed E-state index contributed by atoms with van der Waals surface area (Å²) in [6.45, 7) is 2.03. The molecule has 0 aliphatic rings. The highest BCUT2D eigenvalue weighted by Crippen LogP contribution is 2.23. The van der Waals surface area contributed by atoms with E-state index in [2.05, 4.69) is 21.4 Å². The maximum absolute atomic E-state index is 12.3. The van der Waals surface area contributed by atoms with Gasteiger partial charge in [0.2, 0.25) is 0 Å². The summed E-state index contributed by atoms with van der Waals surface area (Å²) in [5.41, 5.74) is 5.14. The van der Waals surface area contributed by atoms with Gasteiger partial charge in [0.15, 0.2) is 0 Å². The number of benzene rings is 3. The Hall–Kier alpha value is -3.93. The summed E-state index contributed by atoms with van der Waals surface area (Å²) >= 11 is 0. The SMILES string of the molecule is Cc1ccc2nc(-c3ccc(NC(=O)c4ccc(C(=O)O)cc4)cc3)[nH]c2c1. The van der Waals surface area contributed by atoms with Crippen LogP contribution in [-0.2, 0) is 0 Å².